The summed E-state index contributed by atoms with van der Waals surface area (Å²) < 4.78 is 11.0. The van der Waals surface area contributed by atoms with E-state index in [4.69, 9.17) is 9.47 Å². The average Bonchev–Trinajstić information content (AvgIpc) is 3.06. The number of benzene rings is 1. The zero-order valence-corrected chi connectivity index (χ0v) is 19.5. The number of halogens is 1. The van der Waals surface area contributed by atoms with Crippen molar-refractivity contribution in [3.63, 3.8) is 0 Å². The molecule has 1 heterocycles. The van der Waals surface area contributed by atoms with Gasteiger partial charge in [-0.1, -0.05) is 6.07 Å². The number of nitrogens with one attached hydrogen (secondary N) is 2. The number of ether oxygens (including phenoxy) is 2. The smallest absolute Gasteiger partial charge is 0.191 e. The second kappa shape index (κ2) is 12.8. The van der Waals surface area contributed by atoms with Crippen LogP contribution in [0, 0.1) is 6.92 Å². The van der Waals surface area contributed by atoms with Crippen LogP contribution in [-0.2, 0) is 13.0 Å². The van der Waals surface area contributed by atoms with Crippen LogP contribution in [0.3, 0.4) is 0 Å². The Labute approximate surface area is 182 Å². The molecule has 0 bridgehead atoms. The van der Waals surface area contributed by atoms with E-state index in [1.165, 1.54) is 10.4 Å². The van der Waals surface area contributed by atoms with E-state index < -0.39 is 0 Å². The highest BCUT2D eigenvalue weighted by Gasteiger charge is 2.06. The van der Waals surface area contributed by atoms with Gasteiger partial charge in [0.1, 0.15) is 0 Å². The zero-order chi connectivity index (χ0) is 18.8. The van der Waals surface area contributed by atoms with Crippen LogP contribution < -0.4 is 20.1 Å². The summed E-state index contributed by atoms with van der Waals surface area (Å²) in [5.41, 5.74) is 4.18. The van der Waals surface area contributed by atoms with Gasteiger partial charge in [-0.25, -0.2) is 4.98 Å². The van der Waals surface area contributed by atoms with Gasteiger partial charge in [0.15, 0.2) is 17.5 Å². The Morgan fingerprint density at radius 2 is 2.07 bits per heavy atom. The Bertz CT molecular complexity index is 721. The van der Waals surface area contributed by atoms with Gasteiger partial charge in [0.2, 0.25) is 0 Å². The van der Waals surface area contributed by atoms with Gasteiger partial charge in [-0.2, -0.15) is 0 Å². The molecule has 0 spiro atoms. The van der Waals surface area contributed by atoms with Crippen LogP contribution in [0.1, 0.15) is 29.5 Å². The summed E-state index contributed by atoms with van der Waals surface area (Å²) >= 11 is 1.66. The lowest BCUT2D eigenvalue weighted by atomic mass is 10.1. The topological polar surface area (TPSA) is 67.8 Å². The lowest BCUT2D eigenvalue weighted by molar-refractivity contribution is 0.310. The van der Waals surface area contributed by atoms with Gasteiger partial charge in [-0.05, 0) is 44.4 Å². The molecule has 2 rings (SSSR count). The molecule has 0 aliphatic heterocycles. The van der Waals surface area contributed by atoms with Crippen LogP contribution in [0.5, 0.6) is 11.5 Å². The number of aliphatic imine (C=N–C) groups is 1. The number of hydrogen-bond donors (Lipinski definition) is 2. The molecule has 8 heteroatoms. The fourth-order valence-electron chi connectivity index (χ4n) is 2.52. The van der Waals surface area contributed by atoms with E-state index in [0.717, 1.165) is 49.1 Å². The maximum Gasteiger partial charge on any atom is 0.191 e. The van der Waals surface area contributed by atoms with Gasteiger partial charge in [0, 0.05) is 18.5 Å². The van der Waals surface area contributed by atoms with Gasteiger partial charge in [-0.15, -0.1) is 35.3 Å². The van der Waals surface area contributed by atoms with Crippen LogP contribution in [0.25, 0.3) is 0 Å². The van der Waals surface area contributed by atoms with Crippen molar-refractivity contribution in [1.82, 2.24) is 15.6 Å². The molecule has 2 aromatic rings. The predicted molar refractivity (Wildman–Crippen MR) is 123 cm³/mol. The fourth-order valence-corrected chi connectivity index (χ4v) is 3.24. The number of methoxy groups -OCH3 is 1. The minimum atomic E-state index is 0. The number of thiazole rings is 1. The Hall–Kier alpha value is -1.55. The molecule has 6 nitrogen and oxygen atoms in total. The third-order valence-corrected chi connectivity index (χ3v) is 4.88. The SMILES string of the molecule is CCOc1cc(CCCNC(=NC)NCc2scnc2C)ccc1OC.I. The second-order valence-corrected chi connectivity index (χ2v) is 6.67. The maximum atomic E-state index is 5.63. The van der Waals surface area contributed by atoms with E-state index in [2.05, 4.69) is 32.7 Å². The molecule has 1 aromatic heterocycles. The van der Waals surface area contributed by atoms with Crippen molar-refractivity contribution >= 4 is 41.3 Å². The quantitative estimate of drug-likeness (QED) is 0.236. The van der Waals surface area contributed by atoms with Crippen molar-refractivity contribution in [2.45, 2.75) is 33.2 Å². The highest BCUT2D eigenvalue weighted by Crippen LogP contribution is 2.28. The minimum Gasteiger partial charge on any atom is -0.493 e. The molecule has 0 aliphatic carbocycles. The van der Waals surface area contributed by atoms with Gasteiger partial charge < -0.3 is 20.1 Å². The first-order chi connectivity index (χ1) is 12.7. The Morgan fingerprint density at radius 3 is 2.70 bits per heavy atom. The third kappa shape index (κ3) is 7.53. The lowest BCUT2D eigenvalue weighted by Crippen LogP contribution is -2.37. The van der Waals surface area contributed by atoms with E-state index in [1.807, 2.05) is 25.4 Å². The molecule has 27 heavy (non-hydrogen) atoms. The number of nitrogens with zero attached hydrogens (tertiary/aromatic N) is 2. The van der Waals surface area contributed by atoms with E-state index in [1.54, 1.807) is 25.5 Å². The molecule has 0 saturated heterocycles. The average molecular weight is 504 g/mol. The molecule has 0 amide bonds. The molecule has 150 valence electrons. The summed E-state index contributed by atoms with van der Waals surface area (Å²) in [5, 5.41) is 6.68. The van der Waals surface area contributed by atoms with Gasteiger partial charge >= 0.3 is 0 Å². The molecule has 0 saturated carbocycles. The molecule has 0 radical (unpaired) electrons. The van der Waals surface area contributed by atoms with Gasteiger partial charge in [0.25, 0.3) is 0 Å². The lowest BCUT2D eigenvalue weighted by Gasteiger charge is -2.13. The highest BCUT2D eigenvalue weighted by atomic mass is 127. The van der Waals surface area contributed by atoms with Crippen molar-refractivity contribution in [2.24, 2.45) is 4.99 Å². The molecule has 0 fully saturated rings. The zero-order valence-electron chi connectivity index (χ0n) is 16.4. The van der Waals surface area contributed by atoms with Crippen molar-refractivity contribution in [3.8, 4) is 11.5 Å². The third-order valence-electron chi connectivity index (χ3n) is 3.95. The largest absolute Gasteiger partial charge is 0.493 e. The summed E-state index contributed by atoms with van der Waals surface area (Å²) in [4.78, 5) is 9.76. The standard InChI is InChI=1S/C19H28N4O2S.HI/c1-5-25-17-11-15(8-9-16(17)24-4)7-6-10-21-19(20-3)22-12-18-14(2)23-13-26-18;/h8-9,11,13H,5-7,10,12H2,1-4H3,(H2,20,21,22);1H. The van der Waals surface area contributed by atoms with Gasteiger partial charge in [-0.3, -0.25) is 4.99 Å². The van der Waals surface area contributed by atoms with Crippen molar-refractivity contribution < 1.29 is 9.47 Å². The molecule has 1 aromatic carbocycles. The van der Waals surface area contributed by atoms with E-state index >= 15 is 0 Å². The first-order valence-electron chi connectivity index (χ1n) is 8.81. The van der Waals surface area contributed by atoms with Crippen LogP contribution in [0.15, 0.2) is 28.7 Å². The molecule has 2 N–H and O–H groups in total. The normalized spacial score (nSPS) is 10.9. The first kappa shape index (κ1) is 23.5. The summed E-state index contributed by atoms with van der Waals surface area (Å²) in [5.74, 6) is 2.39. The van der Waals surface area contributed by atoms with E-state index in [9.17, 15) is 0 Å². The van der Waals surface area contributed by atoms with E-state index in [-0.39, 0.29) is 24.0 Å². The molecule has 0 atom stereocenters. The molecule has 0 unspecified atom stereocenters. The van der Waals surface area contributed by atoms with Crippen LogP contribution in [-0.4, -0.2) is 38.3 Å². The Kier molecular flexibility index (Phi) is 11.1. The summed E-state index contributed by atoms with van der Waals surface area (Å²) in [7, 11) is 3.44. The number of hydrogen-bond acceptors (Lipinski definition) is 5. The summed E-state index contributed by atoms with van der Waals surface area (Å²) in [6.45, 7) is 6.21. The molecular formula is C19H29IN4O2S. The van der Waals surface area contributed by atoms with E-state index in [0.29, 0.717) is 6.61 Å². The fraction of sp³-hybridized carbons (Fsp3) is 0.474. The second-order valence-electron chi connectivity index (χ2n) is 5.74. The Morgan fingerprint density at radius 1 is 1.26 bits per heavy atom. The van der Waals surface area contributed by atoms with Crippen molar-refractivity contribution in [2.75, 3.05) is 27.3 Å². The minimum absolute atomic E-state index is 0. The van der Waals surface area contributed by atoms with Crippen molar-refractivity contribution in [1.29, 1.82) is 0 Å². The number of aromatic nitrogens is 1. The monoisotopic (exact) mass is 504 g/mol. The number of guanidine groups is 1. The number of aryl methyl sites for hydroxylation is 2. The Balaban J connectivity index is 0.00000364. The molecule has 0 aliphatic rings. The van der Waals surface area contributed by atoms with Crippen LogP contribution in [0.4, 0.5) is 0 Å². The first-order valence-corrected chi connectivity index (χ1v) is 9.69. The van der Waals surface area contributed by atoms with Crippen molar-refractivity contribution in [3.05, 3.63) is 39.8 Å². The van der Waals surface area contributed by atoms with Gasteiger partial charge in [0.05, 0.1) is 31.5 Å². The predicted octanol–water partition coefficient (Wildman–Crippen LogP) is 3.77. The van der Waals surface area contributed by atoms with Crippen LogP contribution >= 0.6 is 35.3 Å². The molecular weight excluding hydrogens is 475 g/mol. The van der Waals surface area contributed by atoms with Crippen LogP contribution in [0.2, 0.25) is 0 Å². The maximum absolute atomic E-state index is 5.63. The number of rotatable bonds is 9. The summed E-state index contributed by atoms with van der Waals surface area (Å²) in [6.07, 6.45) is 1.96. The summed E-state index contributed by atoms with van der Waals surface area (Å²) in [6, 6.07) is 6.11. The highest BCUT2D eigenvalue weighted by molar-refractivity contribution is 14.0.